The molecular formula is C44H82N2O3S. The van der Waals surface area contributed by atoms with E-state index in [1.807, 2.05) is 46.2 Å². The molecule has 1 heterocycles. The van der Waals surface area contributed by atoms with Gasteiger partial charge in [-0.2, -0.15) is 5.26 Å². The summed E-state index contributed by atoms with van der Waals surface area (Å²) in [7, 11) is -2.72. The Morgan fingerprint density at radius 3 is 1.46 bits per heavy atom. The first-order valence-corrected chi connectivity index (χ1v) is 20.7. The quantitative estimate of drug-likeness (QED) is 0.206. The van der Waals surface area contributed by atoms with Gasteiger partial charge in [-0.3, -0.25) is 4.98 Å². The second kappa shape index (κ2) is 37.7. The summed E-state index contributed by atoms with van der Waals surface area (Å²) in [6, 6.07) is 16.8. The Balaban J connectivity index is -0.000000164. The first-order valence-electron chi connectivity index (χ1n) is 18.6. The molecule has 50 heavy (non-hydrogen) atoms. The van der Waals surface area contributed by atoms with Crippen LogP contribution in [0.2, 0.25) is 0 Å². The van der Waals surface area contributed by atoms with Crippen molar-refractivity contribution in [2.24, 2.45) is 35.5 Å². The number of rotatable bonds is 13. The van der Waals surface area contributed by atoms with Crippen LogP contribution in [0.15, 0.2) is 54.9 Å². The minimum Gasteiger partial charge on any atom is -0.300 e. The van der Waals surface area contributed by atoms with Crippen LogP contribution >= 0.6 is 0 Å². The minimum atomic E-state index is -2.72. The number of Topliss-reactive ketones (excluding diaryl/α,β-unsaturated/α-hetero) is 1. The maximum absolute atomic E-state index is 10.6. The lowest BCUT2D eigenvalue weighted by molar-refractivity contribution is -0.117. The minimum absolute atomic E-state index is 0. The number of pyridine rings is 1. The Bertz CT molecular complexity index is 1070. The average Bonchev–Trinajstić information content (AvgIpc) is 2.93. The molecule has 0 atom stereocenters. The number of ketones is 1. The number of carbonyl (C=O) groups excluding carboxylic acids is 1. The summed E-state index contributed by atoms with van der Waals surface area (Å²) in [5.41, 5.74) is 2.77. The molecule has 292 valence electrons. The van der Waals surface area contributed by atoms with Crippen molar-refractivity contribution in [3.63, 3.8) is 0 Å². The zero-order valence-corrected chi connectivity index (χ0v) is 35.4. The Labute approximate surface area is 313 Å². The van der Waals surface area contributed by atoms with Crippen LogP contribution < -0.4 is 0 Å². The first kappa shape index (κ1) is 56.8. The largest absolute Gasteiger partial charge is 0.300 e. The highest BCUT2D eigenvalue weighted by Gasteiger charge is 2.02. The fourth-order valence-corrected chi connectivity index (χ4v) is 4.86. The maximum Gasteiger partial charge on any atom is 0.147 e. The van der Waals surface area contributed by atoms with Crippen molar-refractivity contribution >= 4 is 15.6 Å². The molecule has 0 spiro atoms. The molecule has 0 unspecified atom stereocenters. The third kappa shape index (κ3) is 60.8. The number of nitrogens with zero attached hydrogens (tertiary/aromatic N) is 2. The van der Waals surface area contributed by atoms with Gasteiger partial charge in [0.15, 0.2) is 0 Å². The highest BCUT2D eigenvalue weighted by molar-refractivity contribution is 7.90. The molecule has 1 aromatic carbocycles. The van der Waals surface area contributed by atoms with E-state index in [9.17, 15) is 13.2 Å². The molecule has 0 bridgehead atoms. The van der Waals surface area contributed by atoms with Crippen LogP contribution in [0.1, 0.15) is 154 Å². The molecule has 0 amide bonds. The van der Waals surface area contributed by atoms with E-state index in [-0.39, 0.29) is 13.2 Å². The highest BCUT2D eigenvalue weighted by Crippen LogP contribution is 2.07. The van der Waals surface area contributed by atoms with Gasteiger partial charge in [0.05, 0.1) is 6.07 Å². The van der Waals surface area contributed by atoms with E-state index in [0.29, 0.717) is 29.9 Å². The van der Waals surface area contributed by atoms with Crippen molar-refractivity contribution in [1.29, 1.82) is 5.26 Å². The number of sulfone groups is 1. The van der Waals surface area contributed by atoms with Gasteiger partial charge in [0, 0.05) is 37.2 Å². The van der Waals surface area contributed by atoms with Crippen LogP contribution in [0.3, 0.4) is 0 Å². The normalized spacial score (nSPS) is 10.2. The number of benzene rings is 1. The molecular weight excluding hydrogens is 637 g/mol. The smallest absolute Gasteiger partial charge is 0.147 e. The predicted octanol–water partition coefficient (Wildman–Crippen LogP) is 12.9. The fraction of sp³-hybridized carbons (Fsp3) is 0.705. The van der Waals surface area contributed by atoms with Gasteiger partial charge in [0.2, 0.25) is 0 Å². The summed E-state index contributed by atoms with van der Waals surface area (Å²) >= 11 is 0. The van der Waals surface area contributed by atoms with Crippen molar-refractivity contribution in [3.8, 4) is 6.07 Å². The SMILES string of the molecule is C.CC(=O)CC(C)C.CC(C)CC#N.CC(C)CCCS(C)(=O)=O.CC(C)Cc1ccccc1.CC(C)Cc1cccnc1.CCCC(C)C. The van der Waals surface area contributed by atoms with Gasteiger partial charge in [-0.25, -0.2) is 8.42 Å². The number of nitriles is 1. The summed E-state index contributed by atoms with van der Waals surface area (Å²) in [6.07, 6.45) is 13.3. The third-order valence-corrected chi connectivity index (χ3v) is 7.24. The van der Waals surface area contributed by atoms with E-state index in [1.54, 1.807) is 6.92 Å². The van der Waals surface area contributed by atoms with Gasteiger partial charge < -0.3 is 4.79 Å². The summed E-state index contributed by atoms with van der Waals surface area (Å²) < 4.78 is 21.2. The summed E-state index contributed by atoms with van der Waals surface area (Å²) in [4.78, 5) is 14.3. The summed E-state index contributed by atoms with van der Waals surface area (Å²) in [6.45, 7) is 29.6. The second-order valence-electron chi connectivity index (χ2n) is 15.4. The zero-order valence-electron chi connectivity index (χ0n) is 34.6. The van der Waals surface area contributed by atoms with Crippen LogP contribution in [0, 0.1) is 46.8 Å². The first-order chi connectivity index (χ1) is 22.7. The standard InChI is InChI=1S/C10H14.C9H13N.C7H16O2S.C6H12O.C6H14.C5H9N.CH4/c1-9(2)8-10-6-4-3-5-7-10;1-8(2)6-9-4-3-5-10-7-9;1-7(2)5-4-6-10(3,8)9;1-5(2)4-6(3)7;1-4-5-6(2)3;1-5(2)3-4-6;/h3-7,9H,8H2,1-2H3;3-5,7-8H,6H2,1-2H3;7H,4-6H2,1-3H3;5H,4H2,1-3H3;6H,4-5H2,1-3H3;5H,3H2,1-2H3;1H4. The van der Waals surface area contributed by atoms with E-state index in [2.05, 4.69) is 110 Å². The molecule has 2 rings (SSSR count). The lowest BCUT2D eigenvalue weighted by atomic mass is 10.0. The van der Waals surface area contributed by atoms with Gasteiger partial charge >= 0.3 is 0 Å². The van der Waals surface area contributed by atoms with Crippen LogP contribution in [0.5, 0.6) is 0 Å². The van der Waals surface area contributed by atoms with Gasteiger partial charge in [-0.15, -0.1) is 0 Å². The zero-order chi connectivity index (χ0) is 38.8. The Hall–Kier alpha value is -2.52. The molecule has 0 aliphatic rings. The van der Waals surface area contributed by atoms with Crippen molar-refractivity contribution in [2.45, 2.75) is 156 Å². The van der Waals surface area contributed by atoms with E-state index in [1.165, 1.54) is 36.6 Å². The average molecular weight is 719 g/mol. The molecule has 1 aromatic heterocycles. The monoisotopic (exact) mass is 719 g/mol. The van der Waals surface area contributed by atoms with E-state index in [0.717, 1.165) is 43.4 Å². The third-order valence-electron chi connectivity index (χ3n) is 6.21. The maximum atomic E-state index is 10.6. The molecule has 2 aromatic rings. The molecule has 6 heteroatoms. The van der Waals surface area contributed by atoms with Crippen LogP contribution in [0.25, 0.3) is 0 Å². The Morgan fingerprint density at radius 1 is 0.720 bits per heavy atom. The lowest BCUT2D eigenvalue weighted by Gasteiger charge is -2.02. The number of carbonyl (C=O) groups is 1. The lowest BCUT2D eigenvalue weighted by Crippen LogP contribution is -2.03. The molecule has 0 fully saturated rings. The molecule has 5 nitrogen and oxygen atoms in total. The molecule has 0 saturated carbocycles. The van der Waals surface area contributed by atoms with Crippen molar-refractivity contribution < 1.29 is 13.2 Å². The van der Waals surface area contributed by atoms with Crippen LogP contribution in [-0.2, 0) is 27.5 Å². The Morgan fingerprint density at radius 2 is 1.20 bits per heavy atom. The number of hydrogen-bond acceptors (Lipinski definition) is 5. The Kier molecular flexibility index (Phi) is 42.9. The predicted molar refractivity (Wildman–Crippen MR) is 223 cm³/mol. The van der Waals surface area contributed by atoms with Crippen molar-refractivity contribution in [1.82, 2.24) is 4.98 Å². The van der Waals surface area contributed by atoms with Crippen LogP contribution in [-0.4, -0.2) is 31.2 Å². The topological polar surface area (TPSA) is 87.9 Å². The summed E-state index contributed by atoms with van der Waals surface area (Å²) in [5, 5.41) is 7.99. The van der Waals surface area contributed by atoms with Crippen LogP contribution in [0.4, 0.5) is 0 Å². The molecule has 0 aliphatic carbocycles. The van der Waals surface area contributed by atoms with E-state index >= 15 is 0 Å². The van der Waals surface area contributed by atoms with E-state index in [4.69, 9.17) is 5.26 Å². The molecule has 0 N–H and O–H groups in total. The number of aromatic nitrogens is 1. The van der Waals surface area contributed by atoms with Gasteiger partial charge in [0.1, 0.15) is 15.6 Å². The number of hydrogen-bond donors (Lipinski definition) is 0. The molecule has 0 aliphatic heterocycles. The van der Waals surface area contributed by atoms with Gasteiger partial charge in [-0.05, 0) is 78.9 Å². The van der Waals surface area contributed by atoms with Crippen molar-refractivity contribution in [2.75, 3.05) is 12.0 Å². The fourth-order valence-electron chi connectivity index (χ4n) is 4.16. The van der Waals surface area contributed by atoms with E-state index < -0.39 is 9.84 Å². The van der Waals surface area contributed by atoms with Gasteiger partial charge in [-0.1, -0.05) is 153 Å². The highest BCUT2D eigenvalue weighted by atomic mass is 32.2. The molecule has 0 saturated heterocycles. The van der Waals surface area contributed by atoms with Gasteiger partial charge in [0.25, 0.3) is 0 Å². The summed E-state index contributed by atoms with van der Waals surface area (Å²) in [5.74, 6) is 4.69. The second-order valence-corrected chi connectivity index (χ2v) is 17.7. The van der Waals surface area contributed by atoms with Crippen molar-refractivity contribution in [3.05, 3.63) is 66.0 Å². The molecule has 0 radical (unpaired) electrons.